The molecule has 1 amide bonds. The SMILES string of the molecule is COc1cccc([C@H](C)CC(=O)NCCNc2ccc(C)nn2)c1. The molecule has 1 heterocycles. The zero-order valence-electron chi connectivity index (χ0n) is 14.4. The summed E-state index contributed by atoms with van der Waals surface area (Å²) in [5.74, 6) is 1.68. The van der Waals surface area contributed by atoms with Gasteiger partial charge < -0.3 is 15.4 Å². The topological polar surface area (TPSA) is 76.1 Å². The number of ether oxygens (including phenoxy) is 1. The van der Waals surface area contributed by atoms with Crippen molar-refractivity contribution in [3.63, 3.8) is 0 Å². The lowest BCUT2D eigenvalue weighted by atomic mass is 9.97. The molecule has 0 saturated heterocycles. The number of benzene rings is 1. The van der Waals surface area contributed by atoms with E-state index in [0.717, 1.165) is 17.0 Å². The molecule has 1 atom stereocenters. The quantitative estimate of drug-likeness (QED) is 0.728. The van der Waals surface area contributed by atoms with Crippen molar-refractivity contribution in [2.24, 2.45) is 0 Å². The number of aryl methyl sites for hydroxylation is 1. The third kappa shape index (κ3) is 5.53. The van der Waals surface area contributed by atoms with E-state index < -0.39 is 0 Å². The Hall–Kier alpha value is -2.63. The zero-order chi connectivity index (χ0) is 17.4. The number of hydrogen-bond acceptors (Lipinski definition) is 5. The van der Waals surface area contributed by atoms with Crippen LogP contribution in [-0.4, -0.2) is 36.3 Å². The summed E-state index contributed by atoms with van der Waals surface area (Å²) >= 11 is 0. The number of nitrogens with one attached hydrogen (secondary N) is 2. The van der Waals surface area contributed by atoms with Gasteiger partial charge >= 0.3 is 0 Å². The predicted molar refractivity (Wildman–Crippen MR) is 94.3 cm³/mol. The van der Waals surface area contributed by atoms with Gasteiger partial charge in [-0.1, -0.05) is 19.1 Å². The Labute approximate surface area is 142 Å². The highest BCUT2D eigenvalue weighted by molar-refractivity contribution is 5.76. The van der Waals surface area contributed by atoms with E-state index in [-0.39, 0.29) is 11.8 Å². The Balaban J connectivity index is 1.71. The van der Waals surface area contributed by atoms with Gasteiger partial charge in [-0.05, 0) is 42.7 Å². The maximum Gasteiger partial charge on any atom is 0.220 e. The van der Waals surface area contributed by atoms with Crippen LogP contribution in [0.1, 0.15) is 30.5 Å². The second-order valence-electron chi connectivity index (χ2n) is 5.72. The van der Waals surface area contributed by atoms with Crippen LogP contribution in [0.5, 0.6) is 5.75 Å². The fraction of sp³-hybridized carbons (Fsp3) is 0.389. The second kappa shape index (κ2) is 8.86. The molecule has 24 heavy (non-hydrogen) atoms. The Bertz CT molecular complexity index is 658. The zero-order valence-corrected chi connectivity index (χ0v) is 14.4. The van der Waals surface area contributed by atoms with E-state index >= 15 is 0 Å². The molecule has 0 aliphatic carbocycles. The molecule has 1 aromatic carbocycles. The molecular formula is C18H24N4O2. The van der Waals surface area contributed by atoms with E-state index in [4.69, 9.17) is 4.74 Å². The van der Waals surface area contributed by atoms with Crippen LogP contribution in [0, 0.1) is 6.92 Å². The molecule has 0 spiro atoms. The van der Waals surface area contributed by atoms with Crippen molar-refractivity contribution in [2.45, 2.75) is 26.2 Å². The number of nitrogens with zero attached hydrogens (tertiary/aromatic N) is 2. The number of anilines is 1. The number of carbonyl (C=O) groups excluding carboxylic acids is 1. The van der Waals surface area contributed by atoms with Gasteiger partial charge in [0.05, 0.1) is 12.8 Å². The van der Waals surface area contributed by atoms with Crippen LogP contribution in [-0.2, 0) is 4.79 Å². The molecule has 0 saturated carbocycles. The van der Waals surface area contributed by atoms with E-state index in [1.54, 1.807) is 7.11 Å². The first-order chi connectivity index (χ1) is 11.6. The molecule has 2 aromatic rings. The van der Waals surface area contributed by atoms with Gasteiger partial charge in [0, 0.05) is 19.5 Å². The first kappa shape index (κ1) is 17.7. The lowest BCUT2D eigenvalue weighted by Gasteiger charge is -2.13. The van der Waals surface area contributed by atoms with Crippen LogP contribution < -0.4 is 15.4 Å². The molecule has 128 valence electrons. The smallest absolute Gasteiger partial charge is 0.220 e. The van der Waals surface area contributed by atoms with Crippen LogP contribution in [0.15, 0.2) is 36.4 Å². The van der Waals surface area contributed by atoms with Crippen LogP contribution in [0.25, 0.3) is 0 Å². The van der Waals surface area contributed by atoms with E-state index in [2.05, 4.69) is 20.8 Å². The highest BCUT2D eigenvalue weighted by Gasteiger charge is 2.11. The van der Waals surface area contributed by atoms with E-state index in [1.807, 2.05) is 50.2 Å². The molecule has 0 aliphatic rings. The largest absolute Gasteiger partial charge is 0.497 e. The summed E-state index contributed by atoms with van der Waals surface area (Å²) in [5, 5.41) is 14.0. The highest BCUT2D eigenvalue weighted by Crippen LogP contribution is 2.22. The van der Waals surface area contributed by atoms with Gasteiger partial charge in [-0.2, -0.15) is 5.10 Å². The molecule has 2 N–H and O–H groups in total. The minimum absolute atomic E-state index is 0.0297. The number of methoxy groups -OCH3 is 1. The summed E-state index contributed by atoms with van der Waals surface area (Å²) in [6.45, 7) is 5.07. The van der Waals surface area contributed by atoms with Crippen LogP contribution in [0.3, 0.4) is 0 Å². The lowest BCUT2D eigenvalue weighted by molar-refractivity contribution is -0.121. The standard InChI is InChI=1S/C18H24N4O2/c1-13(15-5-4-6-16(12-15)24-3)11-18(23)20-10-9-19-17-8-7-14(2)21-22-17/h4-8,12-13H,9-11H2,1-3H3,(H,19,22)(H,20,23)/t13-/m1/s1. The van der Waals surface area contributed by atoms with Gasteiger partial charge in [0.2, 0.25) is 5.91 Å². The Kier molecular flexibility index (Phi) is 6.54. The van der Waals surface area contributed by atoms with Crippen molar-refractivity contribution in [1.82, 2.24) is 15.5 Å². The van der Waals surface area contributed by atoms with Crippen LogP contribution in [0.4, 0.5) is 5.82 Å². The highest BCUT2D eigenvalue weighted by atomic mass is 16.5. The molecule has 6 heteroatoms. The third-order valence-corrected chi connectivity index (χ3v) is 3.71. The van der Waals surface area contributed by atoms with Gasteiger partial charge in [-0.25, -0.2) is 0 Å². The van der Waals surface area contributed by atoms with Crippen molar-refractivity contribution >= 4 is 11.7 Å². The number of rotatable bonds is 8. The number of amides is 1. The van der Waals surface area contributed by atoms with Crippen molar-refractivity contribution in [1.29, 1.82) is 0 Å². The maximum atomic E-state index is 12.0. The molecule has 0 unspecified atom stereocenters. The van der Waals surface area contributed by atoms with Crippen molar-refractivity contribution in [3.8, 4) is 5.75 Å². The minimum Gasteiger partial charge on any atom is -0.497 e. The van der Waals surface area contributed by atoms with E-state index in [1.165, 1.54) is 0 Å². The molecule has 6 nitrogen and oxygen atoms in total. The number of carbonyl (C=O) groups is 1. The number of hydrogen-bond donors (Lipinski definition) is 2. The molecule has 0 radical (unpaired) electrons. The fourth-order valence-electron chi connectivity index (χ4n) is 2.30. The summed E-state index contributed by atoms with van der Waals surface area (Å²) < 4.78 is 5.22. The average Bonchev–Trinajstić information content (AvgIpc) is 2.60. The van der Waals surface area contributed by atoms with E-state index in [0.29, 0.717) is 25.3 Å². The lowest BCUT2D eigenvalue weighted by Crippen LogP contribution is -2.29. The van der Waals surface area contributed by atoms with Gasteiger partial charge in [-0.15, -0.1) is 5.10 Å². The Morgan fingerprint density at radius 3 is 2.75 bits per heavy atom. The monoisotopic (exact) mass is 328 g/mol. The average molecular weight is 328 g/mol. The maximum absolute atomic E-state index is 12.0. The van der Waals surface area contributed by atoms with Crippen LogP contribution >= 0.6 is 0 Å². The summed E-state index contributed by atoms with van der Waals surface area (Å²) in [7, 11) is 1.64. The summed E-state index contributed by atoms with van der Waals surface area (Å²) in [4.78, 5) is 12.0. The van der Waals surface area contributed by atoms with Crippen molar-refractivity contribution in [3.05, 3.63) is 47.7 Å². The Morgan fingerprint density at radius 1 is 1.21 bits per heavy atom. The first-order valence-corrected chi connectivity index (χ1v) is 8.03. The molecular weight excluding hydrogens is 304 g/mol. The van der Waals surface area contributed by atoms with Gasteiger partial charge in [0.15, 0.2) is 0 Å². The summed E-state index contributed by atoms with van der Waals surface area (Å²) in [6, 6.07) is 11.6. The molecule has 1 aromatic heterocycles. The third-order valence-electron chi connectivity index (χ3n) is 3.71. The normalized spacial score (nSPS) is 11.6. The first-order valence-electron chi connectivity index (χ1n) is 8.03. The molecule has 2 rings (SSSR count). The van der Waals surface area contributed by atoms with Gasteiger partial charge in [0.1, 0.15) is 11.6 Å². The number of aromatic nitrogens is 2. The molecule has 0 bridgehead atoms. The van der Waals surface area contributed by atoms with Crippen LogP contribution in [0.2, 0.25) is 0 Å². The summed E-state index contributed by atoms with van der Waals surface area (Å²) in [5.41, 5.74) is 1.97. The minimum atomic E-state index is 0.0297. The summed E-state index contributed by atoms with van der Waals surface area (Å²) in [6.07, 6.45) is 0.442. The Morgan fingerprint density at radius 2 is 2.04 bits per heavy atom. The van der Waals surface area contributed by atoms with Crippen molar-refractivity contribution in [2.75, 3.05) is 25.5 Å². The predicted octanol–water partition coefficient (Wildman–Crippen LogP) is 2.52. The van der Waals surface area contributed by atoms with Gasteiger partial charge in [-0.3, -0.25) is 4.79 Å². The van der Waals surface area contributed by atoms with E-state index in [9.17, 15) is 4.79 Å². The molecule has 0 fully saturated rings. The molecule has 0 aliphatic heterocycles. The van der Waals surface area contributed by atoms with Gasteiger partial charge in [0.25, 0.3) is 0 Å². The van der Waals surface area contributed by atoms with Crippen molar-refractivity contribution < 1.29 is 9.53 Å². The fourth-order valence-corrected chi connectivity index (χ4v) is 2.30. The second-order valence-corrected chi connectivity index (χ2v) is 5.72.